The summed E-state index contributed by atoms with van der Waals surface area (Å²) in [6.45, 7) is 4.96. The summed E-state index contributed by atoms with van der Waals surface area (Å²) in [6, 6.07) is 13.6. The maximum absolute atomic E-state index is 12.4. The topological polar surface area (TPSA) is 29.5 Å². The highest BCUT2D eigenvalue weighted by Gasteiger charge is 2.30. The Bertz CT molecular complexity index is 895. The fraction of sp³-hybridized carbons (Fsp3) is 0.200. The van der Waals surface area contributed by atoms with Gasteiger partial charge >= 0.3 is 0 Å². The third-order valence-corrected chi connectivity index (χ3v) is 5.54. The van der Waals surface area contributed by atoms with Gasteiger partial charge in [0.15, 0.2) is 0 Å². The molecule has 26 heavy (non-hydrogen) atoms. The molecule has 1 heterocycles. The van der Waals surface area contributed by atoms with Crippen molar-refractivity contribution in [3.8, 4) is 5.75 Å². The second-order valence-corrected chi connectivity index (χ2v) is 8.00. The Kier molecular flexibility index (Phi) is 6.01. The Morgan fingerprint density at radius 2 is 2.08 bits per heavy atom. The van der Waals surface area contributed by atoms with Gasteiger partial charge in [0, 0.05) is 17.1 Å². The van der Waals surface area contributed by atoms with E-state index in [1.165, 1.54) is 17.3 Å². The molecule has 2 aromatic carbocycles. The summed E-state index contributed by atoms with van der Waals surface area (Å²) in [5.74, 6) is 0.602. The van der Waals surface area contributed by atoms with Crippen LogP contribution in [0.3, 0.4) is 0 Å². The molecule has 1 aliphatic rings. The number of thioether (sulfide) groups is 1. The van der Waals surface area contributed by atoms with E-state index in [9.17, 15) is 4.79 Å². The van der Waals surface area contributed by atoms with Gasteiger partial charge in [0.1, 0.15) is 16.7 Å². The van der Waals surface area contributed by atoms with Gasteiger partial charge in [-0.05, 0) is 43.7 Å². The molecule has 0 N–H and O–H groups in total. The Hall–Kier alpha value is -1.82. The fourth-order valence-corrected chi connectivity index (χ4v) is 4.20. The molecule has 2 aromatic rings. The van der Waals surface area contributed by atoms with Crippen LogP contribution >= 0.6 is 35.6 Å². The minimum atomic E-state index is -0.0768. The van der Waals surface area contributed by atoms with Crippen molar-refractivity contribution in [2.45, 2.75) is 20.5 Å². The zero-order valence-electron chi connectivity index (χ0n) is 14.5. The van der Waals surface area contributed by atoms with E-state index in [2.05, 4.69) is 6.07 Å². The van der Waals surface area contributed by atoms with Gasteiger partial charge in [0.2, 0.25) is 0 Å². The first-order valence-corrected chi connectivity index (χ1v) is 9.81. The van der Waals surface area contributed by atoms with Gasteiger partial charge in [-0.1, -0.05) is 65.4 Å². The van der Waals surface area contributed by atoms with E-state index in [0.717, 1.165) is 11.1 Å². The third-order valence-electron chi connectivity index (χ3n) is 3.93. The maximum Gasteiger partial charge on any atom is 0.266 e. The number of ether oxygens (including phenoxy) is 1. The molecule has 1 amide bonds. The molecule has 0 saturated carbocycles. The number of thiocarbonyl (C=S) groups is 1. The Morgan fingerprint density at radius 3 is 2.77 bits per heavy atom. The number of aryl methyl sites for hydroxylation is 1. The number of hydrogen-bond acceptors (Lipinski definition) is 4. The lowest BCUT2D eigenvalue weighted by atomic mass is 10.1. The molecule has 0 aliphatic carbocycles. The van der Waals surface area contributed by atoms with Gasteiger partial charge in [0.25, 0.3) is 5.91 Å². The summed E-state index contributed by atoms with van der Waals surface area (Å²) in [5.41, 5.74) is 3.04. The molecule has 0 spiro atoms. The van der Waals surface area contributed by atoms with Gasteiger partial charge in [-0.2, -0.15) is 0 Å². The summed E-state index contributed by atoms with van der Waals surface area (Å²) >= 11 is 12.7. The molecule has 6 heteroatoms. The van der Waals surface area contributed by atoms with Crippen LogP contribution < -0.4 is 4.74 Å². The molecule has 0 aromatic heterocycles. The van der Waals surface area contributed by atoms with Crippen LogP contribution in [0.5, 0.6) is 5.75 Å². The Labute approximate surface area is 168 Å². The Balaban J connectivity index is 1.86. The van der Waals surface area contributed by atoms with E-state index in [1.54, 1.807) is 23.1 Å². The molecule has 134 valence electrons. The predicted molar refractivity (Wildman–Crippen MR) is 113 cm³/mol. The minimum absolute atomic E-state index is 0.0768. The second kappa shape index (κ2) is 8.25. The van der Waals surface area contributed by atoms with Gasteiger partial charge in [-0.15, -0.1) is 0 Å². The largest absolute Gasteiger partial charge is 0.488 e. The number of likely N-dealkylation sites (N-methyl/N-ethyl adjacent to an activating group) is 1. The smallest absolute Gasteiger partial charge is 0.266 e. The highest BCUT2D eigenvalue weighted by Crippen LogP contribution is 2.35. The molecule has 0 bridgehead atoms. The first kappa shape index (κ1) is 19.0. The third kappa shape index (κ3) is 4.29. The molecule has 1 aliphatic heterocycles. The zero-order chi connectivity index (χ0) is 18.7. The standard InChI is InChI=1S/C20H18ClNO2S2/c1-3-22-19(23)18(26-20(22)25)11-15-10-16(21)7-8-17(15)24-12-14-6-4-5-13(2)9-14/h4-11H,3,12H2,1-2H3. The molecular weight excluding hydrogens is 386 g/mol. The quantitative estimate of drug-likeness (QED) is 0.490. The normalized spacial score (nSPS) is 15.8. The number of nitrogens with zero attached hydrogens (tertiary/aromatic N) is 1. The number of benzene rings is 2. The lowest BCUT2D eigenvalue weighted by Crippen LogP contribution is -2.27. The predicted octanol–water partition coefficient (Wildman–Crippen LogP) is 5.45. The van der Waals surface area contributed by atoms with Crippen LogP contribution in [0.4, 0.5) is 0 Å². The van der Waals surface area contributed by atoms with Crippen LogP contribution in [0.1, 0.15) is 23.6 Å². The van der Waals surface area contributed by atoms with Crippen LogP contribution in [0.2, 0.25) is 5.02 Å². The summed E-state index contributed by atoms with van der Waals surface area (Å²) in [4.78, 5) is 14.6. The molecule has 1 fully saturated rings. The summed E-state index contributed by atoms with van der Waals surface area (Å²) in [7, 11) is 0. The van der Waals surface area contributed by atoms with E-state index in [0.29, 0.717) is 33.1 Å². The van der Waals surface area contributed by atoms with Crippen molar-refractivity contribution in [2.24, 2.45) is 0 Å². The number of carbonyl (C=O) groups excluding carboxylic acids is 1. The lowest BCUT2D eigenvalue weighted by Gasteiger charge is -2.11. The highest BCUT2D eigenvalue weighted by atomic mass is 35.5. The van der Waals surface area contributed by atoms with Crippen LogP contribution in [0.15, 0.2) is 47.4 Å². The fourth-order valence-electron chi connectivity index (χ4n) is 2.64. The van der Waals surface area contributed by atoms with E-state index >= 15 is 0 Å². The molecule has 0 radical (unpaired) electrons. The molecule has 3 nitrogen and oxygen atoms in total. The first-order valence-electron chi connectivity index (χ1n) is 8.21. The minimum Gasteiger partial charge on any atom is -0.488 e. The van der Waals surface area contributed by atoms with Crippen LogP contribution in [0.25, 0.3) is 6.08 Å². The SMILES string of the molecule is CCN1C(=O)C(=Cc2cc(Cl)ccc2OCc2cccc(C)c2)SC1=S. The molecular formula is C20H18ClNO2S2. The number of rotatable bonds is 5. The number of hydrogen-bond donors (Lipinski definition) is 0. The van der Waals surface area contributed by atoms with E-state index in [1.807, 2.05) is 38.1 Å². The number of carbonyl (C=O) groups is 1. The maximum atomic E-state index is 12.4. The van der Waals surface area contributed by atoms with Gasteiger partial charge in [-0.25, -0.2) is 0 Å². The van der Waals surface area contributed by atoms with Crippen LogP contribution in [0, 0.1) is 6.92 Å². The van der Waals surface area contributed by atoms with Crippen molar-refractivity contribution >= 4 is 51.9 Å². The second-order valence-electron chi connectivity index (χ2n) is 5.89. The van der Waals surface area contributed by atoms with E-state index in [-0.39, 0.29) is 5.91 Å². The average molecular weight is 404 g/mol. The van der Waals surface area contributed by atoms with Gasteiger partial charge in [0.05, 0.1) is 4.91 Å². The summed E-state index contributed by atoms with van der Waals surface area (Å²) in [5, 5.41) is 0.588. The van der Waals surface area contributed by atoms with Crippen LogP contribution in [-0.4, -0.2) is 21.7 Å². The van der Waals surface area contributed by atoms with Crippen LogP contribution in [-0.2, 0) is 11.4 Å². The van der Waals surface area contributed by atoms with E-state index < -0.39 is 0 Å². The monoisotopic (exact) mass is 403 g/mol. The van der Waals surface area contributed by atoms with Gasteiger partial charge < -0.3 is 4.74 Å². The number of halogens is 1. The van der Waals surface area contributed by atoms with Crippen molar-refractivity contribution < 1.29 is 9.53 Å². The van der Waals surface area contributed by atoms with Crippen molar-refractivity contribution in [1.82, 2.24) is 4.90 Å². The molecule has 3 rings (SSSR count). The summed E-state index contributed by atoms with van der Waals surface area (Å²) < 4.78 is 6.57. The zero-order valence-corrected chi connectivity index (χ0v) is 16.9. The first-order chi connectivity index (χ1) is 12.5. The van der Waals surface area contributed by atoms with Crippen molar-refractivity contribution in [2.75, 3.05) is 6.54 Å². The van der Waals surface area contributed by atoms with Crippen molar-refractivity contribution in [3.63, 3.8) is 0 Å². The molecule has 1 saturated heterocycles. The number of amides is 1. The lowest BCUT2D eigenvalue weighted by molar-refractivity contribution is -0.121. The van der Waals surface area contributed by atoms with Gasteiger partial charge in [-0.3, -0.25) is 9.69 Å². The Morgan fingerprint density at radius 1 is 1.27 bits per heavy atom. The highest BCUT2D eigenvalue weighted by molar-refractivity contribution is 8.26. The van der Waals surface area contributed by atoms with E-state index in [4.69, 9.17) is 28.6 Å². The molecule has 0 atom stereocenters. The van der Waals surface area contributed by atoms with Crippen molar-refractivity contribution in [1.29, 1.82) is 0 Å². The van der Waals surface area contributed by atoms with Crippen molar-refractivity contribution in [3.05, 3.63) is 69.1 Å². The summed E-state index contributed by atoms with van der Waals surface area (Å²) in [6.07, 6.45) is 1.80. The molecule has 0 unspecified atom stereocenters. The average Bonchev–Trinajstić information content (AvgIpc) is 2.87.